The Labute approximate surface area is 107 Å². The fraction of sp³-hybridized carbons (Fsp3) is 0.571. The van der Waals surface area contributed by atoms with Crippen molar-refractivity contribution in [1.82, 2.24) is 5.32 Å². The number of hydrogen-bond acceptors (Lipinski definition) is 2. The molecule has 3 heteroatoms. The van der Waals surface area contributed by atoms with Gasteiger partial charge < -0.3 is 10.1 Å². The third kappa shape index (κ3) is 1.94. The molecule has 0 saturated carbocycles. The van der Waals surface area contributed by atoms with Crippen molar-refractivity contribution in [3.05, 3.63) is 27.8 Å². The first-order chi connectivity index (χ1) is 8.27. The lowest BCUT2D eigenvalue weighted by Crippen LogP contribution is -2.14. The van der Waals surface area contributed by atoms with Gasteiger partial charge in [-0.05, 0) is 61.4 Å². The summed E-state index contributed by atoms with van der Waals surface area (Å²) in [6, 6.07) is 2.12. The number of fused-ring (bicyclic) bond motifs is 1. The minimum Gasteiger partial charge on any atom is -0.492 e. The van der Waals surface area contributed by atoms with Gasteiger partial charge in [0.1, 0.15) is 5.75 Å². The molecule has 2 aliphatic rings. The van der Waals surface area contributed by atoms with Crippen molar-refractivity contribution in [1.29, 1.82) is 0 Å². The van der Waals surface area contributed by atoms with E-state index in [9.17, 15) is 0 Å². The second kappa shape index (κ2) is 4.51. The monoisotopic (exact) mass is 251 g/mol. The van der Waals surface area contributed by atoms with Gasteiger partial charge in [-0.25, -0.2) is 0 Å². The summed E-state index contributed by atoms with van der Waals surface area (Å²) in [5, 5.41) is 4.22. The van der Waals surface area contributed by atoms with Crippen LogP contribution in [0.15, 0.2) is 6.07 Å². The molecule has 1 unspecified atom stereocenters. The summed E-state index contributed by atoms with van der Waals surface area (Å²) in [4.78, 5) is 0. The highest BCUT2D eigenvalue weighted by molar-refractivity contribution is 6.32. The van der Waals surface area contributed by atoms with E-state index >= 15 is 0 Å². The summed E-state index contributed by atoms with van der Waals surface area (Å²) < 4.78 is 5.71. The highest BCUT2D eigenvalue weighted by atomic mass is 35.5. The third-order valence-corrected chi connectivity index (χ3v) is 4.26. The normalized spacial score (nSPS) is 23.3. The first-order valence-corrected chi connectivity index (χ1v) is 6.80. The van der Waals surface area contributed by atoms with Crippen molar-refractivity contribution in [2.24, 2.45) is 0 Å². The van der Waals surface area contributed by atoms with E-state index in [2.05, 4.69) is 18.3 Å². The van der Waals surface area contributed by atoms with Crippen LogP contribution in [0.1, 0.15) is 35.4 Å². The minimum absolute atomic E-state index is 0.625. The molecule has 1 aromatic rings. The smallest absolute Gasteiger partial charge is 0.141 e. The van der Waals surface area contributed by atoms with Gasteiger partial charge in [0.25, 0.3) is 0 Å². The molecule has 1 atom stereocenters. The number of hydrogen-bond donors (Lipinski definition) is 1. The molecule has 0 bridgehead atoms. The second-order valence-electron chi connectivity index (χ2n) is 5.02. The van der Waals surface area contributed by atoms with Gasteiger partial charge in [0.2, 0.25) is 0 Å². The van der Waals surface area contributed by atoms with Gasteiger partial charge in [0.15, 0.2) is 0 Å². The quantitative estimate of drug-likeness (QED) is 0.828. The lowest BCUT2D eigenvalue weighted by molar-refractivity contribution is 0.287. The van der Waals surface area contributed by atoms with Crippen molar-refractivity contribution in [3.63, 3.8) is 0 Å². The third-order valence-electron chi connectivity index (χ3n) is 3.98. The molecular formula is C14H18ClNO. The number of rotatable bonds is 1. The van der Waals surface area contributed by atoms with Gasteiger partial charge >= 0.3 is 0 Å². The van der Waals surface area contributed by atoms with Gasteiger partial charge in [-0.3, -0.25) is 0 Å². The SMILES string of the molecule is Cc1c(C2CCNC2)cc(Cl)c2c1CCCO2. The highest BCUT2D eigenvalue weighted by Gasteiger charge is 2.24. The van der Waals surface area contributed by atoms with E-state index in [0.29, 0.717) is 5.92 Å². The Morgan fingerprint density at radius 1 is 1.47 bits per heavy atom. The van der Waals surface area contributed by atoms with Crippen LogP contribution in [0.2, 0.25) is 5.02 Å². The first kappa shape index (κ1) is 11.4. The number of benzene rings is 1. The van der Waals surface area contributed by atoms with Crippen LogP contribution in [0.3, 0.4) is 0 Å². The summed E-state index contributed by atoms with van der Waals surface area (Å²) in [5.41, 5.74) is 4.16. The van der Waals surface area contributed by atoms with E-state index in [1.165, 1.54) is 23.1 Å². The molecule has 17 heavy (non-hydrogen) atoms. The van der Waals surface area contributed by atoms with Crippen LogP contribution in [-0.2, 0) is 6.42 Å². The Morgan fingerprint density at radius 2 is 2.35 bits per heavy atom. The number of nitrogens with one attached hydrogen (secondary N) is 1. The van der Waals surface area contributed by atoms with Crippen LogP contribution in [0.25, 0.3) is 0 Å². The lowest BCUT2D eigenvalue weighted by atomic mass is 9.89. The van der Waals surface area contributed by atoms with Gasteiger partial charge in [-0.1, -0.05) is 11.6 Å². The van der Waals surface area contributed by atoms with E-state index in [1.807, 2.05) is 0 Å². The molecule has 1 saturated heterocycles. The zero-order valence-corrected chi connectivity index (χ0v) is 10.9. The fourth-order valence-electron chi connectivity index (χ4n) is 3.02. The summed E-state index contributed by atoms with van der Waals surface area (Å²) in [7, 11) is 0. The Morgan fingerprint density at radius 3 is 3.12 bits per heavy atom. The van der Waals surface area contributed by atoms with Crippen LogP contribution in [-0.4, -0.2) is 19.7 Å². The minimum atomic E-state index is 0.625. The molecule has 1 fully saturated rings. The maximum absolute atomic E-state index is 6.35. The summed E-state index contributed by atoms with van der Waals surface area (Å²) in [6.45, 7) is 5.22. The zero-order valence-electron chi connectivity index (χ0n) is 10.2. The fourth-order valence-corrected chi connectivity index (χ4v) is 3.31. The Balaban J connectivity index is 2.07. The van der Waals surface area contributed by atoms with E-state index < -0.39 is 0 Å². The Bertz CT molecular complexity index is 438. The van der Waals surface area contributed by atoms with Crippen LogP contribution in [0.5, 0.6) is 5.75 Å². The predicted octanol–water partition coefficient (Wildman–Crippen LogP) is 3.05. The summed E-state index contributed by atoms with van der Waals surface area (Å²) in [5.74, 6) is 1.56. The molecule has 1 N–H and O–H groups in total. The number of halogens is 1. The molecule has 2 aliphatic heterocycles. The molecule has 2 heterocycles. The molecule has 3 rings (SSSR count). The molecule has 2 nitrogen and oxygen atoms in total. The average molecular weight is 252 g/mol. The molecule has 0 aromatic heterocycles. The highest BCUT2D eigenvalue weighted by Crippen LogP contribution is 2.40. The zero-order chi connectivity index (χ0) is 11.8. The maximum Gasteiger partial charge on any atom is 0.141 e. The molecule has 0 spiro atoms. The van der Waals surface area contributed by atoms with Gasteiger partial charge in [-0.2, -0.15) is 0 Å². The summed E-state index contributed by atoms with van der Waals surface area (Å²) >= 11 is 6.35. The second-order valence-corrected chi connectivity index (χ2v) is 5.43. The van der Waals surface area contributed by atoms with E-state index in [0.717, 1.165) is 43.3 Å². The van der Waals surface area contributed by atoms with Crippen LogP contribution >= 0.6 is 11.6 Å². The van der Waals surface area contributed by atoms with E-state index in [4.69, 9.17) is 16.3 Å². The van der Waals surface area contributed by atoms with Crippen LogP contribution < -0.4 is 10.1 Å². The van der Waals surface area contributed by atoms with Crippen LogP contribution in [0.4, 0.5) is 0 Å². The van der Waals surface area contributed by atoms with Crippen molar-refractivity contribution in [2.45, 2.75) is 32.1 Å². The molecular weight excluding hydrogens is 234 g/mol. The number of ether oxygens (including phenoxy) is 1. The van der Waals surface area contributed by atoms with Crippen molar-refractivity contribution >= 4 is 11.6 Å². The topological polar surface area (TPSA) is 21.3 Å². The van der Waals surface area contributed by atoms with Crippen molar-refractivity contribution in [3.8, 4) is 5.75 Å². The molecule has 92 valence electrons. The standard InChI is InChI=1S/C14H18ClNO/c1-9-11-3-2-6-17-14(11)13(15)7-12(9)10-4-5-16-8-10/h7,10,16H,2-6,8H2,1H3. The average Bonchev–Trinajstić information content (AvgIpc) is 2.87. The predicted molar refractivity (Wildman–Crippen MR) is 70.2 cm³/mol. The maximum atomic E-state index is 6.35. The summed E-state index contributed by atoms with van der Waals surface area (Å²) in [6.07, 6.45) is 3.43. The Kier molecular flexibility index (Phi) is 3.01. The molecule has 0 aliphatic carbocycles. The van der Waals surface area contributed by atoms with Crippen LogP contribution in [0, 0.1) is 6.92 Å². The Hall–Kier alpha value is -0.730. The van der Waals surface area contributed by atoms with Crippen molar-refractivity contribution in [2.75, 3.05) is 19.7 Å². The van der Waals surface area contributed by atoms with Gasteiger partial charge in [-0.15, -0.1) is 0 Å². The van der Waals surface area contributed by atoms with Gasteiger partial charge in [0.05, 0.1) is 11.6 Å². The molecule has 0 amide bonds. The van der Waals surface area contributed by atoms with E-state index in [1.54, 1.807) is 0 Å². The van der Waals surface area contributed by atoms with Gasteiger partial charge in [0, 0.05) is 6.54 Å². The lowest BCUT2D eigenvalue weighted by Gasteiger charge is -2.24. The van der Waals surface area contributed by atoms with E-state index in [-0.39, 0.29) is 0 Å². The molecule has 1 aromatic carbocycles. The van der Waals surface area contributed by atoms with Crippen molar-refractivity contribution < 1.29 is 4.74 Å². The molecule has 0 radical (unpaired) electrons. The first-order valence-electron chi connectivity index (χ1n) is 6.42. The largest absolute Gasteiger partial charge is 0.492 e.